The first-order chi connectivity index (χ1) is 6.57. The van der Waals surface area contributed by atoms with Gasteiger partial charge in [-0.05, 0) is 18.6 Å². The molecule has 0 aliphatic heterocycles. The Labute approximate surface area is 85.7 Å². The lowest BCUT2D eigenvalue weighted by atomic mass is 10.1. The fourth-order valence-corrected chi connectivity index (χ4v) is 1.25. The van der Waals surface area contributed by atoms with Gasteiger partial charge < -0.3 is 0 Å². The van der Waals surface area contributed by atoms with E-state index in [9.17, 15) is 13.6 Å². The Morgan fingerprint density at radius 3 is 2.57 bits per heavy atom. The Morgan fingerprint density at radius 2 is 2.00 bits per heavy atom. The van der Waals surface area contributed by atoms with Crippen LogP contribution in [-0.2, 0) is 0 Å². The zero-order chi connectivity index (χ0) is 10.7. The highest BCUT2D eigenvalue weighted by Gasteiger charge is 2.16. The first-order valence-electron chi connectivity index (χ1n) is 4.24. The fourth-order valence-electron chi connectivity index (χ4n) is 1.10. The molecule has 0 saturated carbocycles. The third-order valence-electron chi connectivity index (χ3n) is 1.81. The second kappa shape index (κ2) is 4.51. The lowest BCUT2D eigenvalue weighted by Gasteiger charge is -2.02. The largest absolute Gasteiger partial charge is 0.294 e. The van der Waals surface area contributed by atoms with Crippen LogP contribution in [0.3, 0.4) is 0 Å². The Balaban J connectivity index is 3.11. The second-order valence-corrected chi connectivity index (χ2v) is 3.30. The first-order valence-corrected chi connectivity index (χ1v) is 4.62. The van der Waals surface area contributed by atoms with Crippen LogP contribution in [0.5, 0.6) is 0 Å². The van der Waals surface area contributed by atoms with Crippen LogP contribution in [0.1, 0.15) is 30.1 Å². The molecule has 0 unspecified atom stereocenters. The third kappa shape index (κ3) is 2.10. The minimum atomic E-state index is -1.16. The lowest BCUT2D eigenvalue weighted by Crippen LogP contribution is -2.03. The molecule has 0 bridgehead atoms. The summed E-state index contributed by atoms with van der Waals surface area (Å²) < 4.78 is 26.1. The van der Waals surface area contributed by atoms with Crippen molar-refractivity contribution in [1.29, 1.82) is 0 Å². The Bertz CT molecular complexity index is 363. The third-order valence-corrected chi connectivity index (χ3v) is 2.10. The SMILES string of the molecule is CCCC(=O)c1ccc(Cl)c(F)c1F. The molecule has 0 saturated heterocycles. The molecule has 0 fully saturated rings. The number of hydrogen-bond donors (Lipinski definition) is 0. The van der Waals surface area contributed by atoms with E-state index < -0.39 is 17.4 Å². The quantitative estimate of drug-likeness (QED) is 0.560. The van der Waals surface area contributed by atoms with Crippen LogP contribution in [0.4, 0.5) is 8.78 Å². The molecule has 1 aromatic carbocycles. The minimum Gasteiger partial charge on any atom is -0.294 e. The van der Waals surface area contributed by atoms with E-state index in [1.807, 2.05) is 0 Å². The standard InChI is InChI=1S/C10H9ClF2O/c1-2-3-8(14)6-4-5-7(11)10(13)9(6)12/h4-5H,2-3H2,1H3. The van der Waals surface area contributed by atoms with Gasteiger partial charge in [-0.3, -0.25) is 4.79 Å². The average molecular weight is 219 g/mol. The van der Waals surface area contributed by atoms with E-state index in [-0.39, 0.29) is 17.0 Å². The van der Waals surface area contributed by atoms with E-state index in [1.54, 1.807) is 6.92 Å². The second-order valence-electron chi connectivity index (χ2n) is 2.90. The summed E-state index contributed by atoms with van der Waals surface area (Å²) in [6.45, 7) is 1.79. The molecule has 76 valence electrons. The van der Waals surface area contributed by atoms with Crippen molar-refractivity contribution in [3.8, 4) is 0 Å². The van der Waals surface area contributed by atoms with Gasteiger partial charge in [-0.2, -0.15) is 0 Å². The predicted octanol–water partition coefficient (Wildman–Crippen LogP) is 3.60. The molecular weight excluding hydrogens is 210 g/mol. The smallest absolute Gasteiger partial charge is 0.178 e. The minimum absolute atomic E-state index is 0.206. The highest BCUT2D eigenvalue weighted by atomic mass is 35.5. The summed E-state index contributed by atoms with van der Waals surface area (Å²) in [5, 5.41) is -0.310. The monoisotopic (exact) mass is 218 g/mol. The molecule has 0 radical (unpaired) electrons. The summed E-state index contributed by atoms with van der Waals surface area (Å²) >= 11 is 5.34. The number of hydrogen-bond acceptors (Lipinski definition) is 1. The van der Waals surface area contributed by atoms with Crippen molar-refractivity contribution in [2.45, 2.75) is 19.8 Å². The van der Waals surface area contributed by atoms with Crippen molar-refractivity contribution in [1.82, 2.24) is 0 Å². The molecule has 1 rings (SSSR count). The molecular formula is C10H9ClF2O. The number of Topliss-reactive ketones (excluding diaryl/α,β-unsaturated/α-hetero) is 1. The van der Waals surface area contributed by atoms with Gasteiger partial charge in [-0.25, -0.2) is 8.78 Å². The van der Waals surface area contributed by atoms with Crippen molar-refractivity contribution in [3.05, 3.63) is 34.4 Å². The highest BCUT2D eigenvalue weighted by molar-refractivity contribution is 6.30. The van der Waals surface area contributed by atoms with E-state index in [2.05, 4.69) is 0 Å². The van der Waals surface area contributed by atoms with Crippen LogP contribution in [0.15, 0.2) is 12.1 Å². The highest BCUT2D eigenvalue weighted by Crippen LogP contribution is 2.21. The van der Waals surface area contributed by atoms with Crippen molar-refractivity contribution in [2.24, 2.45) is 0 Å². The summed E-state index contributed by atoms with van der Waals surface area (Å²) in [6.07, 6.45) is 0.806. The van der Waals surface area contributed by atoms with E-state index >= 15 is 0 Å². The Hall–Kier alpha value is -0.960. The zero-order valence-electron chi connectivity index (χ0n) is 7.61. The molecule has 0 spiro atoms. The maximum atomic E-state index is 13.2. The zero-order valence-corrected chi connectivity index (χ0v) is 8.37. The molecule has 4 heteroatoms. The van der Waals surface area contributed by atoms with Crippen molar-refractivity contribution < 1.29 is 13.6 Å². The molecule has 0 aliphatic rings. The van der Waals surface area contributed by atoms with Gasteiger partial charge in [0.2, 0.25) is 0 Å². The summed E-state index contributed by atoms with van der Waals surface area (Å²) in [7, 11) is 0. The van der Waals surface area contributed by atoms with Gasteiger partial charge in [0, 0.05) is 6.42 Å². The van der Waals surface area contributed by atoms with Gasteiger partial charge in [0.25, 0.3) is 0 Å². The molecule has 1 aromatic rings. The van der Waals surface area contributed by atoms with Gasteiger partial charge in [-0.15, -0.1) is 0 Å². The molecule has 0 heterocycles. The molecule has 0 N–H and O–H groups in total. The number of carbonyl (C=O) groups excluding carboxylic acids is 1. The Kier molecular flexibility index (Phi) is 3.58. The van der Waals surface area contributed by atoms with Gasteiger partial charge >= 0.3 is 0 Å². The van der Waals surface area contributed by atoms with Crippen molar-refractivity contribution >= 4 is 17.4 Å². The molecule has 14 heavy (non-hydrogen) atoms. The summed E-state index contributed by atoms with van der Waals surface area (Å²) in [5.41, 5.74) is -0.228. The van der Waals surface area contributed by atoms with E-state index in [4.69, 9.17) is 11.6 Å². The van der Waals surface area contributed by atoms with Gasteiger partial charge in [-0.1, -0.05) is 18.5 Å². The van der Waals surface area contributed by atoms with Crippen LogP contribution in [-0.4, -0.2) is 5.78 Å². The summed E-state index contributed by atoms with van der Waals surface area (Å²) in [6, 6.07) is 2.39. The van der Waals surface area contributed by atoms with Crippen LogP contribution in [0, 0.1) is 11.6 Å². The summed E-state index contributed by atoms with van der Waals surface area (Å²) in [5.74, 6) is -2.72. The fraction of sp³-hybridized carbons (Fsp3) is 0.300. The van der Waals surface area contributed by atoms with E-state index in [0.717, 1.165) is 0 Å². The average Bonchev–Trinajstić information content (AvgIpc) is 2.15. The molecule has 0 aliphatic carbocycles. The number of halogens is 3. The Morgan fingerprint density at radius 1 is 1.36 bits per heavy atom. The normalized spacial score (nSPS) is 10.3. The lowest BCUT2D eigenvalue weighted by molar-refractivity contribution is 0.0977. The topological polar surface area (TPSA) is 17.1 Å². The number of rotatable bonds is 3. The van der Waals surface area contributed by atoms with Gasteiger partial charge in [0.15, 0.2) is 17.4 Å². The maximum absolute atomic E-state index is 13.2. The van der Waals surface area contributed by atoms with Gasteiger partial charge in [0.1, 0.15) is 0 Å². The predicted molar refractivity (Wildman–Crippen MR) is 50.6 cm³/mol. The molecule has 0 atom stereocenters. The van der Waals surface area contributed by atoms with Gasteiger partial charge in [0.05, 0.1) is 10.6 Å². The number of carbonyl (C=O) groups is 1. The van der Waals surface area contributed by atoms with Crippen LogP contribution in [0.2, 0.25) is 5.02 Å². The molecule has 1 nitrogen and oxygen atoms in total. The summed E-state index contributed by atoms with van der Waals surface area (Å²) in [4.78, 5) is 11.3. The van der Waals surface area contributed by atoms with Crippen molar-refractivity contribution in [2.75, 3.05) is 0 Å². The number of ketones is 1. The maximum Gasteiger partial charge on any atom is 0.178 e. The van der Waals surface area contributed by atoms with Crippen LogP contribution >= 0.6 is 11.6 Å². The molecule has 0 aromatic heterocycles. The van der Waals surface area contributed by atoms with E-state index in [1.165, 1.54) is 12.1 Å². The van der Waals surface area contributed by atoms with Crippen LogP contribution < -0.4 is 0 Å². The van der Waals surface area contributed by atoms with Crippen molar-refractivity contribution in [3.63, 3.8) is 0 Å². The van der Waals surface area contributed by atoms with E-state index in [0.29, 0.717) is 6.42 Å². The van der Waals surface area contributed by atoms with Crippen LogP contribution in [0.25, 0.3) is 0 Å². The molecule has 0 amide bonds. The number of benzene rings is 1. The first kappa shape index (κ1) is 11.1.